The molecular weight excluding hydrogens is 368 g/mol. The van der Waals surface area contributed by atoms with Gasteiger partial charge in [-0.15, -0.1) is 0 Å². The van der Waals surface area contributed by atoms with Gasteiger partial charge < -0.3 is 20.1 Å². The van der Waals surface area contributed by atoms with Crippen molar-refractivity contribution in [3.8, 4) is 11.5 Å². The number of methoxy groups -OCH3 is 2. The monoisotopic (exact) mass is 385 g/mol. The van der Waals surface area contributed by atoms with Crippen LogP contribution in [0.2, 0.25) is 0 Å². The molecule has 3 rings (SSSR count). The van der Waals surface area contributed by atoms with Crippen LogP contribution in [0.4, 0.5) is 25.8 Å². The zero-order valence-electron chi connectivity index (χ0n) is 15.1. The number of nitrogens with one attached hydrogen (secondary N) is 2. The van der Waals surface area contributed by atoms with E-state index < -0.39 is 17.5 Å². The van der Waals surface area contributed by atoms with Gasteiger partial charge in [-0.25, -0.2) is 8.78 Å². The number of aromatic nitrogens is 1. The third-order valence-corrected chi connectivity index (χ3v) is 3.89. The van der Waals surface area contributed by atoms with Gasteiger partial charge in [-0.2, -0.15) is 0 Å². The van der Waals surface area contributed by atoms with Gasteiger partial charge >= 0.3 is 0 Å². The van der Waals surface area contributed by atoms with E-state index in [1.165, 1.54) is 38.7 Å². The van der Waals surface area contributed by atoms with E-state index in [9.17, 15) is 13.6 Å². The van der Waals surface area contributed by atoms with E-state index in [2.05, 4.69) is 15.6 Å². The maximum Gasteiger partial charge on any atom is 0.257 e. The third-order valence-electron chi connectivity index (χ3n) is 3.89. The normalized spacial score (nSPS) is 10.3. The summed E-state index contributed by atoms with van der Waals surface area (Å²) in [7, 11) is 2.99. The van der Waals surface area contributed by atoms with Gasteiger partial charge in [0.05, 0.1) is 37.4 Å². The summed E-state index contributed by atoms with van der Waals surface area (Å²) in [4.78, 5) is 16.6. The molecule has 0 aliphatic heterocycles. The van der Waals surface area contributed by atoms with Crippen LogP contribution < -0.4 is 20.1 Å². The summed E-state index contributed by atoms with van der Waals surface area (Å²) in [5, 5.41) is 5.31. The van der Waals surface area contributed by atoms with Crippen LogP contribution in [0, 0.1) is 11.6 Å². The number of amides is 1. The van der Waals surface area contributed by atoms with Gasteiger partial charge in [-0.3, -0.25) is 9.78 Å². The maximum atomic E-state index is 13.8. The summed E-state index contributed by atoms with van der Waals surface area (Å²) >= 11 is 0. The van der Waals surface area contributed by atoms with Crippen LogP contribution in [0.3, 0.4) is 0 Å². The van der Waals surface area contributed by atoms with E-state index >= 15 is 0 Å². The molecule has 0 unspecified atom stereocenters. The van der Waals surface area contributed by atoms with E-state index in [1.807, 2.05) is 0 Å². The highest BCUT2D eigenvalue weighted by Crippen LogP contribution is 2.29. The van der Waals surface area contributed by atoms with Gasteiger partial charge in [0, 0.05) is 12.3 Å². The number of nitrogens with zero attached hydrogens (tertiary/aromatic N) is 1. The van der Waals surface area contributed by atoms with Crippen LogP contribution in [-0.4, -0.2) is 25.1 Å². The number of rotatable bonds is 6. The molecule has 3 aromatic rings. The minimum absolute atomic E-state index is 0.187. The van der Waals surface area contributed by atoms with Crippen LogP contribution in [-0.2, 0) is 0 Å². The van der Waals surface area contributed by atoms with E-state index in [0.29, 0.717) is 17.2 Å². The predicted molar refractivity (Wildman–Crippen MR) is 101 cm³/mol. The van der Waals surface area contributed by atoms with E-state index in [-0.39, 0.29) is 16.9 Å². The quantitative estimate of drug-likeness (QED) is 0.659. The van der Waals surface area contributed by atoms with Gasteiger partial charge in [0.25, 0.3) is 5.91 Å². The first-order valence-electron chi connectivity index (χ1n) is 8.21. The number of carbonyl (C=O) groups is 1. The van der Waals surface area contributed by atoms with E-state index in [1.54, 1.807) is 18.2 Å². The molecule has 2 N–H and O–H groups in total. The summed E-state index contributed by atoms with van der Waals surface area (Å²) in [6.45, 7) is 0. The topological polar surface area (TPSA) is 72.5 Å². The Morgan fingerprint density at radius 3 is 2.43 bits per heavy atom. The number of hydrogen-bond donors (Lipinski definition) is 2. The number of benzene rings is 2. The highest BCUT2D eigenvalue weighted by Gasteiger charge is 2.14. The third kappa shape index (κ3) is 4.17. The van der Waals surface area contributed by atoms with E-state index in [4.69, 9.17) is 9.47 Å². The molecule has 0 saturated carbocycles. The molecule has 0 saturated heterocycles. The summed E-state index contributed by atoms with van der Waals surface area (Å²) in [5.74, 6) is -0.992. The molecule has 0 fully saturated rings. The molecule has 0 aliphatic rings. The molecule has 1 aromatic heterocycles. The second-order valence-corrected chi connectivity index (χ2v) is 5.70. The molecule has 8 heteroatoms. The number of pyridine rings is 1. The van der Waals surface area contributed by atoms with Crippen molar-refractivity contribution in [2.45, 2.75) is 0 Å². The smallest absolute Gasteiger partial charge is 0.257 e. The first-order chi connectivity index (χ1) is 13.5. The van der Waals surface area contributed by atoms with Crippen LogP contribution >= 0.6 is 0 Å². The lowest BCUT2D eigenvalue weighted by Gasteiger charge is -2.12. The molecule has 2 aromatic carbocycles. The fourth-order valence-electron chi connectivity index (χ4n) is 2.50. The predicted octanol–water partition coefficient (Wildman–Crippen LogP) is 4.37. The summed E-state index contributed by atoms with van der Waals surface area (Å²) in [5.41, 5.74) is 0.530. The summed E-state index contributed by atoms with van der Waals surface area (Å²) in [6.07, 6.45) is 2.69. The standard InChI is InChI=1S/C20H17F2N3O3/c1-27-14-6-7-18(28-2)17(9-14)25-20(26)12-8-13(11-23-10-12)24-19-15(21)4-3-5-16(19)22/h3-11,24H,1-2H3,(H,25,26). The zero-order chi connectivity index (χ0) is 20.1. The van der Waals surface area contributed by atoms with Crippen LogP contribution in [0.1, 0.15) is 10.4 Å². The average Bonchev–Trinajstić information content (AvgIpc) is 2.71. The zero-order valence-corrected chi connectivity index (χ0v) is 15.1. The van der Waals surface area contributed by atoms with Gasteiger partial charge in [-0.05, 0) is 30.3 Å². The van der Waals surface area contributed by atoms with Crippen LogP contribution in [0.25, 0.3) is 0 Å². The van der Waals surface area contributed by atoms with Crippen molar-refractivity contribution in [2.24, 2.45) is 0 Å². The van der Waals surface area contributed by atoms with Gasteiger partial charge in [0.1, 0.15) is 28.8 Å². The van der Waals surface area contributed by atoms with E-state index in [0.717, 1.165) is 12.1 Å². The lowest BCUT2D eigenvalue weighted by Crippen LogP contribution is -2.13. The number of carbonyl (C=O) groups excluding carboxylic acids is 1. The van der Waals surface area contributed by atoms with Gasteiger partial charge in [0.2, 0.25) is 0 Å². The Kier molecular flexibility index (Phi) is 5.69. The minimum atomic E-state index is -0.754. The highest BCUT2D eigenvalue weighted by molar-refractivity contribution is 6.05. The van der Waals surface area contributed by atoms with Gasteiger partial charge in [0.15, 0.2) is 0 Å². The Labute approximate surface area is 160 Å². The van der Waals surface area contributed by atoms with Crippen molar-refractivity contribution in [3.05, 3.63) is 72.1 Å². The Morgan fingerprint density at radius 2 is 1.75 bits per heavy atom. The Balaban J connectivity index is 1.83. The molecule has 0 spiro atoms. The molecule has 0 aliphatic carbocycles. The first kappa shape index (κ1) is 19.1. The number of hydrogen-bond acceptors (Lipinski definition) is 5. The Bertz CT molecular complexity index is 991. The molecule has 6 nitrogen and oxygen atoms in total. The fraction of sp³-hybridized carbons (Fsp3) is 0.100. The van der Waals surface area contributed by atoms with Crippen molar-refractivity contribution in [3.63, 3.8) is 0 Å². The molecule has 0 radical (unpaired) electrons. The SMILES string of the molecule is COc1ccc(OC)c(NC(=O)c2cncc(Nc3c(F)cccc3F)c2)c1. The van der Waals surface area contributed by atoms with Crippen molar-refractivity contribution in [1.29, 1.82) is 0 Å². The molecule has 0 atom stereocenters. The van der Waals surface area contributed by atoms with Crippen molar-refractivity contribution < 1.29 is 23.0 Å². The summed E-state index contributed by atoms with van der Waals surface area (Å²) in [6, 6.07) is 9.92. The summed E-state index contributed by atoms with van der Waals surface area (Å²) < 4.78 is 38.0. The second kappa shape index (κ2) is 8.34. The fourth-order valence-corrected chi connectivity index (χ4v) is 2.50. The molecule has 1 heterocycles. The Morgan fingerprint density at radius 1 is 1.00 bits per heavy atom. The molecule has 0 bridgehead atoms. The molecule has 144 valence electrons. The lowest BCUT2D eigenvalue weighted by atomic mass is 10.2. The second-order valence-electron chi connectivity index (χ2n) is 5.70. The lowest BCUT2D eigenvalue weighted by molar-refractivity contribution is 0.102. The van der Waals surface area contributed by atoms with Gasteiger partial charge in [-0.1, -0.05) is 6.07 Å². The maximum absolute atomic E-state index is 13.8. The molecule has 28 heavy (non-hydrogen) atoms. The van der Waals surface area contributed by atoms with Crippen LogP contribution in [0.15, 0.2) is 54.9 Å². The molecule has 1 amide bonds. The minimum Gasteiger partial charge on any atom is -0.497 e. The van der Waals surface area contributed by atoms with Crippen molar-refractivity contribution in [2.75, 3.05) is 24.9 Å². The first-order valence-corrected chi connectivity index (χ1v) is 8.21. The Hall–Kier alpha value is -3.68. The van der Waals surface area contributed by atoms with Crippen molar-refractivity contribution >= 4 is 23.0 Å². The number of halogens is 2. The largest absolute Gasteiger partial charge is 0.497 e. The number of anilines is 3. The molecular formula is C20H17F2N3O3. The number of ether oxygens (including phenoxy) is 2. The average molecular weight is 385 g/mol. The van der Waals surface area contributed by atoms with Crippen molar-refractivity contribution in [1.82, 2.24) is 4.98 Å². The number of para-hydroxylation sites is 1. The van der Waals surface area contributed by atoms with Crippen LogP contribution in [0.5, 0.6) is 11.5 Å². The highest BCUT2D eigenvalue weighted by atomic mass is 19.1.